The molecule has 1 spiro atoms. The van der Waals surface area contributed by atoms with Crippen LogP contribution < -0.4 is 5.73 Å². The van der Waals surface area contributed by atoms with E-state index < -0.39 is 6.04 Å². The largest absolute Gasteiger partial charge is 0.341 e. The first-order valence-corrected chi connectivity index (χ1v) is 9.52. The number of aromatic nitrogens is 2. The van der Waals surface area contributed by atoms with Gasteiger partial charge in [0, 0.05) is 32.3 Å². The summed E-state index contributed by atoms with van der Waals surface area (Å²) in [4.78, 5) is 37.2. The fourth-order valence-electron chi connectivity index (χ4n) is 3.96. The maximum absolute atomic E-state index is 12.4. The Morgan fingerprint density at radius 2 is 1.96 bits per heavy atom. The molecule has 0 bridgehead atoms. The number of hydrogen-bond acceptors (Lipinski definition) is 5. The van der Waals surface area contributed by atoms with Crippen molar-refractivity contribution in [2.75, 3.05) is 19.6 Å². The molecule has 0 unspecified atom stereocenters. The molecule has 2 aliphatic heterocycles. The van der Waals surface area contributed by atoms with Crippen LogP contribution in [0.25, 0.3) is 0 Å². The van der Waals surface area contributed by atoms with Crippen molar-refractivity contribution in [2.45, 2.75) is 58.5 Å². The molecule has 3 rings (SSSR count). The van der Waals surface area contributed by atoms with Gasteiger partial charge in [0.25, 0.3) is 0 Å². The van der Waals surface area contributed by atoms with Crippen LogP contribution in [0.15, 0.2) is 12.4 Å². The highest BCUT2D eigenvalue weighted by atomic mass is 35.5. The number of nitrogens with two attached hydrogens (primary N) is 1. The summed E-state index contributed by atoms with van der Waals surface area (Å²) in [5, 5.41) is 0. The van der Waals surface area contributed by atoms with E-state index in [1.165, 1.54) is 0 Å². The van der Waals surface area contributed by atoms with Gasteiger partial charge < -0.3 is 15.5 Å². The zero-order chi connectivity index (χ0) is 18.7. The summed E-state index contributed by atoms with van der Waals surface area (Å²) < 4.78 is 0. The number of piperidine rings is 2. The van der Waals surface area contributed by atoms with Crippen molar-refractivity contribution in [1.29, 1.82) is 0 Å². The number of nitrogens with zero attached hydrogens (tertiary/aromatic N) is 4. The summed E-state index contributed by atoms with van der Waals surface area (Å²) in [7, 11) is 0. The van der Waals surface area contributed by atoms with Crippen molar-refractivity contribution in [2.24, 2.45) is 11.1 Å². The van der Waals surface area contributed by atoms with Gasteiger partial charge in [0.05, 0.1) is 30.2 Å². The number of carbonyl (C=O) groups excluding carboxylic acids is 2. The van der Waals surface area contributed by atoms with E-state index in [0.717, 1.165) is 50.3 Å². The third-order valence-electron chi connectivity index (χ3n) is 5.83. The van der Waals surface area contributed by atoms with Gasteiger partial charge in [0.15, 0.2) is 0 Å². The second-order valence-corrected chi connectivity index (χ2v) is 7.74. The molecule has 150 valence electrons. The molecule has 2 aliphatic rings. The second-order valence-electron chi connectivity index (χ2n) is 7.74. The number of aryl methyl sites for hydroxylation is 1. The maximum atomic E-state index is 12.4. The first-order valence-electron chi connectivity index (χ1n) is 9.52. The Hall–Kier alpha value is -1.73. The van der Waals surface area contributed by atoms with E-state index in [-0.39, 0.29) is 29.6 Å². The molecule has 2 N–H and O–H groups in total. The lowest BCUT2D eigenvalue weighted by molar-refractivity contribution is -0.143. The molecule has 7 nitrogen and oxygen atoms in total. The van der Waals surface area contributed by atoms with Gasteiger partial charge in [0.1, 0.15) is 0 Å². The van der Waals surface area contributed by atoms with Crippen molar-refractivity contribution in [3.8, 4) is 0 Å². The Labute approximate surface area is 167 Å². The highest BCUT2D eigenvalue weighted by Crippen LogP contribution is 2.40. The Kier molecular flexibility index (Phi) is 7.17. The normalized spacial score (nSPS) is 20.3. The number of hydrogen-bond donors (Lipinski definition) is 1. The highest BCUT2D eigenvalue weighted by molar-refractivity contribution is 5.85. The predicted molar refractivity (Wildman–Crippen MR) is 105 cm³/mol. The third kappa shape index (κ3) is 4.96. The molecule has 1 aromatic heterocycles. The molecular formula is C19H30ClN5O2. The lowest BCUT2D eigenvalue weighted by atomic mass is 9.72. The predicted octanol–water partition coefficient (Wildman–Crippen LogP) is 1.68. The summed E-state index contributed by atoms with van der Waals surface area (Å²) in [5.41, 5.74) is 7.70. The van der Waals surface area contributed by atoms with E-state index in [4.69, 9.17) is 5.73 Å². The van der Waals surface area contributed by atoms with Gasteiger partial charge in [0.2, 0.25) is 11.8 Å². The zero-order valence-corrected chi connectivity index (χ0v) is 17.0. The standard InChI is InChI=1S/C19H29N5O2.ClH/c1-3-16(20)18(26)23-8-6-19(7-9-23)5-4-17(25)24(13-19)12-15-11-21-14(2)10-22-15;/h10-11,16H,3-9,12-13,20H2,1-2H3;1H/t16-;/m0./s1. The molecule has 0 aliphatic carbocycles. The smallest absolute Gasteiger partial charge is 0.239 e. The minimum Gasteiger partial charge on any atom is -0.341 e. The van der Waals surface area contributed by atoms with Crippen LogP contribution >= 0.6 is 12.4 Å². The SMILES string of the molecule is CC[C@H](N)C(=O)N1CCC2(CCC(=O)N(Cc3cnc(C)cn3)C2)CC1.Cl. The van der Waals surface area contributed by atoms with Crippen LogP contribution in [0, 0.1) is 12.3 Å². The molecule has 1 atom stereocenters. The van der Waals surface area contributed by atoms with Crippen molar-refractivity contribution in [3.63, 3.8) is 0 Å². The summed E-state index contributed by atoms with van der Waals surface area (Å²) in [6.07, 6.45) is 7.49. The molecule has 0 saturated carbocycles. The number of rotatable bonds is 4. The second kappa shape index (κ2) is 8.97. The quantitative estimate of drug-likeness (QED) is 0.837. The number of halogens is 1. The summed E-state index contributed by atoms with van der Waals surface area (Å²) in [6.45, 7) is 6.56. The Morgan fingerprint density at radius 3 is 2.56 bits per heavy atom. The first kappa shape index (κ1) is 21.6. The molecule has 8 heteroatoms. The van der Waals surface area contributed by atoms with Crippen LogP contribution in [0.3, 0.4) is 0 Å². The average Bonchev–Trinajstić information content (AvgIpc) is 2.66. The van der Waals surface area contributed by atoms with E-state index in [0.29, 0.717) is 19.4 Å². The van der Waals surface area contributed by atoms with Crippen LogP contribution in [0.5, 0.6) is 0 Å². The Bertz CT molecular complexity index is 659. The molecule has 2 fully saturated rings. The van der Waals surface area contributed by atoms with Crippen LogP contribution in [0.2, 0.25) is 0 Å². The zero-order valence-electron chi connectivity index (χ0n) is 16.2. The van der Waals surface area contributed by atoms with Gasteiger partial charge in [-0.2, -0.15) is 0 Å². The number of carbonyl (C=O) groups is 2. The van der Waals surface area contributed by atoms with Gasteiger partial charge in [-0.15, -0.1) is 12.4 Å². The van der Waals surface area contributed by atoms with Gasteiger partial charge >= 0.3 is 0 Å². The van der Waals surface area contributed by atoms with Crippen LogP contribution in [-0.2, 0) is 16.1 Å². The van der Waals surface area contributed by atoms with Crippen LogP contribution in [-0.4, -0.2) is 57.3 Å². The topological polar surface area (TPSA) is 92.4 Å². The van der Waals surface area contributed by atoms with E-state index in [1.54, 1.807) is 12.4 Å². The van der Waals surface area contributed by atoms with Crippen LogP contribution in [0.4, 0.5) is 0 Å². The molecular weight excluding hydrogens is 366 g/mol. The van der Waals surface area contributed by atoms with Crippen LogP contribution in [0.1, 0.15) is 50.4 Å². The first-order chi connectivity index (χ1) is 12.4. The van der Waals surface area contributed by atoms with Gasteiger partial charge in [-0.05, 0) is 38.0 Å². The minimum atomic E-state index is -0.395. The molecule has 2 saturated heterocycles. The Morgan fingerprint density at radius 1 is 1.26 bits per heavy atom. The molecule has 0 aromatic carbocycles. The number of likely N-dealkylation sites (tertiary alicyclic amines) is 2. The molecule has 27 heavy (non-hydrogen) atoms. The summed E-state index contributed by atoms with van der Waals surface area (Å²) in [6, 6.07) is -0.395. The fraction of sp³-hybridized carbons (Fsp3) is 0.684. The summed E-state index contributed by atoms with van der Waals surface area (Å²) >= 11 is 0. The maximum Gasteiger partial charge on any atom is 0.239 e. The Balaban J connectivity index is 0.00000261. The van der Waals surface area contributed by atoms with Gasteiger partial charge in [-0.25, -0.2) is 0 Å². The van der Waals surface area contributed by atoms with E-state index in [9.17, 15) is 9.59 Å². The lowest BCUT2D eigenvalue weighted by Crippen LogP contribution is -2.54. The third-order valence-corrected chi connectivity index (χ3v) is 5.83. The van der Waals surface area contributed by atoms with E-state index in [2.05, 4.69) is 9.97 Å². The van der Waals surface area contributed by atoms with Crippen molar-refractivity contribution in [1.82, 2.24) is 19.8 Å². The van der Waals surface area contributed by atoms with Crippen molar-refractivity contribution >= 4 is 24.2 Å². The highest BCUT2D eigenvalue weighted by Gasteiger charge is 2.42. The molecule has 2 amide bonds. The minimum absolute atomic E-state index is 0. The average molecular weight is 396 g/mol. The van der Waals surface area contributed by atoms with Crippen molar-refractivity contribution < 1.29 is 9.59 Å². The lowest BCUT2D eigenvalue weighted by Gasteiger charge is -2.47. The van der Waals surface area contributed by atoms with Gasteiger partial charge in [-0.3, -0.25) is 19.6 Å². The molecule has 3 heterocycles. The molecule has 0 radical (unpaired) electrons. The number of amides is 2. The molecule has 1 aromatic rings. The van der Waals surface area contributed by atoms with Crippen molar-refractivity contribution in [3.05, 3.63) is 23.8 Å². The fourth-order valence-corrected chi connectivity index (χ4v) is 3.96. The van der Waals surface area contributed by atoms with E-state index in [1.807, 2.05) is 23.6 Å². The van der Waals surface area contributed by atoms with Gasteiger partial charge in [-0.1, -0.05) is 6.92 Å². The summed E-state index contributed by atoms with van der Waals surface area (Å²) in [5.74, 6) is 0.241. The van der Waals surface area contributed by atoms with E-state index >= 15 is 0 Å². The monoisotopic (exact) mass is 395 g/mol.